The molecule has 0 bridgehead atoms. The van der Waals surface area contributed by atoms with Crippen LogP contribution in [-0.4, -0.2) is 18.1 Å². The highest BCUT2D eigenvalue weighted by Gasteiger charge is 2.20. The first-order valence-electron chi connectivity index (χ1n) is 6.67. The number of nitro benzene ring substituents is 1. The third-order valence-corrected chi connectivity index (χ3v) is 3.32. The number of hydrogen-bond donors (Lipinski definition) is 1. The number of hydrogen-bond acceptors (Lipinski definition) is 4. The van der Waals surface area contributed by atoms with Crippen LogP contribution in [0.4, 0.5) is 15.8 Å². The summed E-state index contributed by atoms with van der Waals surface area (Å²) in [6.07, 6.45) is 1.95. The molecular formula is C14H21FN2O3. The van der Waals surface area contributed by atoms with E-state index in [1.165, 1.54) is 13.2 Å². The normalized spacial score (nSPS) is 13.7. The van der Waals surface area contributed by atoms with Gasteiger partial charge in [0.15, 0.2) is 11.6 Å². The van der Waals surface area contributed by atoms with E-state index in [9.17, 15) is 14.5 Å². The molecule has 1 N–H and O–H groups in total. The molecule has 0 saturated carbocycles. The highest BCUT2D eigenvalue weighted by Crippen LogP contribution is 2.32. The predicted octanol–water partition coefficient (Wildman–Crippen LogP) is 3.98. The third-order valence-electron chi connectivity index (χ3n) is 3.32. The third kappa shape index (κ3) is 4.08. The summed E-state index contributed by atoms with van der Waals surface area (Å²) in [6, 6.07) is 2.29. The number of methoxy groups -OCH3 is 1. The van der Waals surface area contributed by atoms with E-state index in [1.54, 1.807) is 0 Å². The zero-order valence-corrected chi connectivity index (χ0v) is 12.3. The molecule has 1 aromatic carbocycles. The largest absolute Gasteiger partial charge is 0.490 e. The van der Waals surface area contributed by atoms with Gasteiger partial charge in [-0.25, -0.2) is 4.39 Å². The maximum Gasteiger partial charge on any atom is 0.313 e. The molecule has 0 fully saturated rings. The summed E-state index contributed by atoms with van der Waals surface area (Å²) >= 11 is 0. The van der Waals surface area contributed by atoms with E-state index in [0.29, 0.717) is 5.92 Å². The maximum absolute atomic E-state index is 13.9. The molecular weight excluding hydrogens is 263 g/mol. The van der Waals surface area contributed by atoms with Crippen molar-refractivity contribution in [3.63, 3.8) is 0 Å². The van der Waals surface area contributed by atoms with Crippen LogP contribution >= 0.6 is 0 Å². The second-order valence-corrected chi connectivity index (χ2v) is 5.06. The average Bonchev–Trinajstić information content (AvgIpc) is 2.40. The van der Waals surface area contributed by atoms with Gasteiger partial charge in [-0.2, -0.15) is 0 Å². The molecule has 2 atom stereocenters. The SMILES string of the molecule is CCC(C)CC(C)Nc1cc(OC)c([N+](=O)[O-])cc1F. The molecule has 5 nitrogen and oxygen atoms in total. The first-order chi connectivity index (χ1) is 9.38. The Bertz CT molecular complexity index is 480. The van der Waals surface area contributed by atoms with Gasteiger partial charge in [0.05, 0.1) is 23.8 Å². The van der Waals surface area contributed by atoms with Gasteiger partial charge in [-0.1, -0.05) is 20.3 Å². The Morgan fingerprint density at radius 3 is 2.60 bits per heavy atom. The average molecular weight is 284 g/mol. The fourth-order valence-corrected chi connectivity index (χ4v) is 2.05. The van der Waals surface area contributed by atoms with Gasteiger partial charge >= 0.3 is 5.69 Å². The van der Waals surface area contributed by atoms with E-state index in [4.69, 9.17) is 4.74 Å². The molecule has 1 rings (SSSR count). The minimum Gasteiger partial charge on any atom is -0.490 e. The van der Waals surface area contributed by atoms with Crippen LogP contribution in [-0.2, 0) is 0 Å². The van der Waals surface area contributed by atoms with Gasteiger partial charge in [-0.15, -0.1) is 0 Å². The van der Waals surface area contributed by atoms with Crippen LogP contribution in [0.5, 0.6) is 5.75 Å². The maximum atomic E-state index is 13.9. The summed E-state index contributed by atoms with van der Waals surface area (Å²) in [6.45, 7) is 6.19. The van der Waals surface area contributed by atoms with Crippen molar-refractivity contribution < 1.29 is 14.1 Å². The van der Waals surface area contributed by atoms with Crippen LogP contribution in [0.3, 0.4) is 0 Å². The van der Waals surface area contributed by atoms with E-state index < -0.39 is 10.7 Å². The lowest BCUT2D eigenvalue weighted by atomic mass is 10.0. The molecule has 0 aliphatic carbocycles. The molecule has 1 aromatic rings. The van der Waals surface area contributed by atoms with Crippen molar-refractivity contribution in [2.24, 2.45) is 5.92 Å². The number of benzene rings is 1. The van der Waals surface area contributed by atoms with Gasteiger partial charge in [-0.05, 0) is 19.3 Å². The molecule has 0 heterocycles. The highest BCUT2D eigenvalue weighted by molar-refractivity contribution is 5.59. The summed E-state index contributed by atoms with van der Waals surface area (Å²) in [5.74, 6) is -0.0661. The van der Waals surface area contributed by atoms with Gasteiger partial charge in [0, 0.05) is 12.1 Å². The van der Waals surface area contributed by atoms with E-state index in [0.717, 1.165) is 18.9 Å². The monoisotopic (exact) mass is 284 g/mol. The van der Waals surface area contributed by atoms with E-state index >= 15 is 0 Å². The molecule has 0 aliphatic rings. The van der Waals surface area contributed by atoms with E-state index in [1.807, 2.05) is 6.92 Å². The quantitative estimate of drug-likeness (QED) is 0.607. The lowest BCUT2D eigenvalue weighted by molar-refractivity contribution is -0.385. The van der Waals surface area contributed by atoms with Gasteiger partial charge < -0.3 is 10.1 Å². The van der Waals surface area contributed by atoms with Gasteiger partial charge in [-0.3, -0.25) is 10.1 Å². The van der Waals surface area contributed by atoms with Crippen molar-refractivity contribution in [2.45, 2.75) is 39.7 Å². The Morgan fingerprint density at radius 2 is 2.10 bits per heavy atom. The van der Waals surface area contributed by atoms with E-state index in [2.05, 4.69) is 19.2 Å². The number of nitrogens with zero attached hydrogens (tertiary/aromatic N) is 1. The van der Waals surface area contributed by atoms with Crippen LogP contribution in [0, 0.1) is 21.8 Å². The Morgan fingerprint density at radius 1 is 1.45 bits per heavy atom. The lowest BCUT2D eigenvalue weighted by Gasteiger charge is -2.19. The summed E-state index contributed by atoms with van der Waals surface area (Å²) in [4.78, 5) is 10.1. The van der Waals surface area contributed by atoms with Crippen LogP contribution in [0.2, 0.25) is 0 Å². The van der Waals surface area contributed by atoms with Crippen LogP contribution in [0.1, 0.15) is 33.6 Å². The fraction of sp³-hybridized carbons (Fsp3) is 0.571. The molecule has 6 heteroatoms. The molecule has 2 unspecified atom stereocenters. The van der Waals surface area contributed by atoms with Gasteiger partial charge in [0.25, 0.3) is 0 Å². The second-order valence-electron chi connectivity index (χ2n) is 5.06. The molecule has 112 valence electrons. The highest BCUT2D eigenvalue weighted by atomic mass is 19.1. The number of anilines is 1. The summed E-state index contributed by atoms with van der Waals surface area (Å²) < 4.78 is 18.8. The summed E-state index contributed by atoms with van der Waals surface area (Å²) in [5, 5.41) is 13.8. The first-order valence-corrected chi connectivity index (χ1v) is 6.67. The van der Waals surface area contributed by atoms with Crippen molar-refractivity contribution in [3.05, 3.63) is 28.1 Å². The number of ether oxygens (including phenoxy) is 1. The molecule has 20 heavy (non-hydrogen) atoms. The number of nitro groups is 1. The topological polar surface area (TPSA) is 64.4 Å². The summed E-state index contributed by atoms with van der Waals surface area (Å²) in [5.41, 5.74) is -0.145. The summed E-state index contributed by atoms with van der Waals surface area (Å²) in [7, 11) is 1.33. The zero-order chi connectivity index (χ0) is 15.3. The van der Waals surface area contributed by atoms with Crippen molar-refractivity contribution in [1.29, 1.82) is 0 Å². The van der Waals surface area contributed by atoms with Gasteiger partial charge in [0.2, 0.25) is 0 Å². The first kappa shape index (κ1) is 16.2. The Labute approximate surface area is 118 Å². The number of nitrogens with one attached hydrogen (secondary N) is 1. The Kier molecular flexibility index (Phi) is 5.73. The van der Waals surface area contributed by atoms with Crippen molar-refractivity contribution >= 4 is 11.4 Å². The minimum absolute atomic E-state index is 0.0506. The van der Waals surface area contributed by atoms with Crippen molar-refractivity contribution in [2.75, 3.05) is 12.4 Å². The lowest BCUT2D eigenvalue weighted by Crippen LogP contribution is -2.19. The standard InChI is InChI=1S/C14H21FN2O3/c1-5-9(2)6-10(3)16-12-8-14(20-4)13(17(18)19)7-11(12)15/h7-10,16H,5-6H2,1-4H3. The minimum atomic E-state index is -0.658. The predicted molar refractivity (Wildman–Crippen MR) is 76.8 cm³/mol. The molecule has 0 radical (unpaired) electrons. The Hall–Kier alpha value is -1.85. The van der Waals surface area contributed by atoms with E-state index in [-0.39, 0.29) is 23.2 Å². The molecule has 0 aromatic heterocycles. The van der Waals surface area contributed by atoms with Crippen molar-refractivity contribution in [1.82, 2.24) is 0 Å². The van der Waals surface area contributed by atoms with Crippen LogP contribution < -0.4 is 10.1 Å². The smallest absolute Gasteiger partial charge is 0.313 e. The second kappa shape index (κ2) is 7.07. The van der Waals surface area contributed by atoms with Crippen LogP contribution in [0.15, 0.2) is 12.1 Å². The molecule has 0 spiro atoms. The fourth-order valence-electron chi connectivity index (χ4n) is 2.05. The molecule has 0 aliphatic heterocycles. The zero-order valence-electron chi connectivity index (χ0n) is 12.3. The number of rotatable bonds is 7. The van der Waals surface area contributed by atoms with Crippen molar-refractivity contribution in [3.8, 4) is 5.75 Å². The Balaban J connectivity index is 2.93. The van der Waals surface area contributed by atoms with Gasteiger partial charge in [0.1, 0.15) is 0 Å². The molecule has 0 amide bonds. The number of halogens is 1. The van der Waals surface area contributed by atoms with Crippen LogP contribution in [0.25, 0.3) is 0 Å². The molecule has 0 saturated heterocycles.